The van der Waals surface area contributed by atoms with Crippen LogP contribution in [0.2, 0.25) is 0 Å². The lowest BCUT2D eigenvalue weighted by Crippen LogP contribution is -2.09. The number of ketones is 1. The minimum absolute atomic E-state index is 0.0414. The molecule has 0 fully saturated rings. The zero-order chi connectivity index (χ0) is 15.9. The number of thioether (sulfide) groups is 1. The second-order valence-electron chi connectivity index (χ2n) is 4.38. The molecule has 116 valence electrons. The number of ether oxygens (including phenoxy) is 1. The molecule has 0 atom stereocenters. The van der Waals surface area contributed by atoms with Gasteiger partial charge in [0, 0.05) is 17.6 Å². The molecule has 0 unspecified atom stereocenters. The maximum Gasteiger partial charge on any atom is 0.306 e. The number of rotatable bonds is 8. The number of esters is 1. The Hall–Kier alpha value is -1.34. The van der Waals surface area contributed by atoms with Gasteiger partial charge in [0.2, 0.25) is 0 Å². The molecular formula is C14H18O5S2. The first-order chi connectivity index (χ1) is 9.82. The highest BCUT2D eigenvalue weighted by Gasteiger charge is 2.09. The zero-order valence-electron chi connectivity index (χ0n) is 12.0. The molecule has 1 aromatic carbocycles. The molecule has 0 aliphatic heterocycles. The predicted octanol–water partition coefficient (Wildman–Crippen LogP) is 2.09. The maximum absolute atomic E-state index is 11.6. The Bertz CT molecular complexity index is 590. The number of hydrogen-bond donors (Lipinski definition) is 0. The van der Waals surface area contributed by atoms with Crippen molar-refractivity contribution in [3.63, 3.8) is 0 Å². The molecule has 1 aromatic rings. The third-order valence-electron chi connectivity index (χ3n) is 2.56. The van der Waals surface area contributed by atoms with Gasteiger partial charge in [-0.05, 0) is 31.2 Å². The number of benzene rings is 1. The highest BCUT2D eigenvalue weighted by molar-refractivity contribution is 8.00. The lowest BCUT2D eigenvalue weighted by Gasteiger charge is -2.03. The van der Waals surface area contributed by atoms with E-state index in [2.05, 4.69) is 0 Å². The smallest absolute Gasteiger partial charge is 0.306 e. The molecule has 0 aliphatic carbocycles. The van der Waals surface area contributed by atoms with Gasteiger partial charge in [-0.25, -0.2) is 8.42 Å². The van der Waals surface area contributed by atoms with E-state index >= 15 is 0 Å². The van der Waals surface area contributed by atoms with Crippen LogP contribution in [0.5, 0.6) is 0 Å². The van der Waals surface area contributed by atoms with Crippen molar-refractivity contribution in [3.05, 3.63) is 24.3 Å². The molecule has 1 rings (SSSR count). The Labute approximate surface area is 129 Å². The van der Waals surface area contributed by atoms with Gasteiger partial charge in [-0.3, -0.25) is 9.59 Å². The van der Waals surface area contributed by atoms with Gasteiger partial charge in [0.1, 0.15) is 5.78 Å². The summed E-state index contributed by atoms with van der Waals surface area (Å²) in [5.74, 6) is -0.161. The van der Waals surface area contributed by atoms with Gasteiger partial charge in [-0.15, -0.1) is 11.8 Å². The van der Waals surface area contributed by atoms with E-state index in [9.17, 15) is 18.0 Å². The molecule has 0 amide bonds. The van der Waals surface area contributed by atoms with E-state index in [-0.39, 0.29) is 35.2 Å². The monoisotopic (exact) mass is 330 g/mol. The molecule has 0 saturated heterocycles. The molecular weight excluding hydrogens is 312 g/mol. The van der Waals surface area contributed by atoms with Gasteiger partial charge in [-0.1, -0.05) is 0 Å². The first-order valence-electron chi connectivity index (χ1n) is 6.43. The molecule has 0 aromatic heterocycles. The van der Waals surface area contributed by atoms with Crippen LogP contribution < -0.4 is 0 Å². The molecule has 0 N–H and O–H groups in total. The van der Waals surface area contributed by atoms with E-state index in [1.165, 1.54) is 23.9 Å². The lowest BCUT2D eigenvalue weighted by molar-refractivity contribution is -0.144. The van der Waals surface area contributed by atoms with Crippen molar-refractivity contribution in [1.29, 1.82) is 0 Å². The third-order valence-corrected chi connectivity index (χ3v) is 4.77. The third kappa shape index (κ3) is 6.77. The zero-order valence-corrected chi connectivity index (χ0v) is 13.6. The van der Waals surface area contributed by atoms with Crippen LogP contribution >= 0.6 is 11.8 Å². The van der Waals surface area contributed by atoms with Gasteiger partial charge >= 0.3 is 5.97 Å². The second kappa shape index (κ2) is 8.19. The van der Waals surface area contributed by atoms with Crippen LogP contribution in [0.4, 0.5) is 0 Å². The van der Waals surface area contributed by atoms with E-state index in [4.69, 9.17) is 4.74 Å². The average molecular weight is 330 g/mol. The van der Waals surface area contributed by atoms with Crippen molar-refractivity contribution < 1.29 is 22.7 Å². The van der Waals surface area contributed by atoms with Crippen LogP contribution in [0.25, 0.3) is 0 Å². The standard InChI is InChI=1S/C14H18O5S2/c1-3-19-14(16)9-4-11(15)10-20-12-5-7-13(8-6-12)21(2,17)18/h5-8H,3-4,9-10H2,1-2H3. The molecule has 0 bridgehead atoms. The lowest BCUT2D eigenvalue weighted by atomic mass is 10.2. The SMILES string of the molecule is CCOC(=O)CCC(=O)CSc1ccc(S(C)(=O)=O)cc1. The van der Waals surface area contributed by atoms with E-state index in [1.54, 1.807) is 19.1 Å². The molecule has 0 radical (unpaired) electrons. The summed E-state index contributed by atoms with van der Waals surface area (Å²) in [4.78, 5) is 23.8. The Balaban J connectivity index is 2.41. The highest BCUT2D eigenvalue weighted by atomic mass is 32.2. The fourth-order valence-corrected chi connectivity index (χ4v) is 2.92. The molecule has 0 aliphatic rings. The van der Waals surface area contributed by atoms with Crippen molar-refractivity contribution in [2.24, 2.45) is 0 Å². The molecule has 0 heterocycles. The van der Waals surface area contributed by atoms with Gasteiger partial charge in [-0.2, -0.15) is 0 Å². The topological polar surface area (TPSA) is 77.5 Å². The summed E-state index contributed by atoms with van der Waals surface area (Å²) in [6, 6.07) is 6.36. The number of sulfone groups is 1. The van der Waals surface area contributed by atoms with Crippen LogP contribution in [-0.4, -0.2) is 38.8 Å². The van der Waals surface area contributed by atoms with Crippen molar-refractivity contribution in [3.8, 4) is 0 Å². The summed E-state index contributed by atoms with van der Waals surface area (Å²) >= 11 is 1.32. The first kappa shape index (κ1) is 17.7. The Morgan fingerprint density at radius 2 is 1.76 bits per heavy atom. The van der Waals surface area contributed by atoms with Crippen molar-refractivity contribution in [2.75, 3.05) is 18.6 Å². The fourth-order valence-electron chi connectivity index (χ4n) is 1.49. The van der Waals surface area contributed by atoms with Gasteiger partial charge in [0.25, 0.3) is 0 Å². The van der Waals surface area contributed by atoms with E-state index in [1.807, 2.05) is 0 Å². The normalized spacial score (nSPS) is 11.1. The van der Waals surface area contributed by atoms with E-state index in [0.717, 1.165) is 11.2 Å². The van der Waals surface area contributed by atoms with Gasteiger partial charge in [0.05, 0.1) is 23.7 Å². The number of carbonyl (C=O) groups excluding carboxylic acids is 2. The number of hydrogen-bond acceptors (Lipinski definition) is 6. The van der Waals surface area contributed by atoms with Crippen LogP contribution in [0.1, 0.15) is 19.8 Å². The number of Topliss-reactive ketones (excluding diaryl/α,β-unsaturated/α-hetero) is 1. The summed E-state index contributed by atoms with van der Waals surface area (Å²) in [6.07, 6.45) is 1.40. The highest BCUT2D eigenvalue weighted by Crippen LogP contribution is 2.20. The molecule has 0 saturated carbocycles. The summed E-state index contributed by atoms with van der Waals surface area (Å²) in [6.45, 7) is 2.03. The van der Waals surface area contributed by atoms with Gasteiger partial charge in [0.15, 0.2) is 9.84 Å². The van der Waals surface area contributed by atoms with Crippen LogP contribution in [-0.2, 0) is 24.2 Å². The molecule has 0 spiro atoms. The van der Waals surface area contributed by atoms with Crippen molar-refractivity contribution in [2.45, 2.75) is 29.6 Å². The second-order valence-corrected chi connectivity index (χ2v) is 7.44. The quantitative estimate of drug-likeness (QED) is 0.536. The van der Waals surface area contributed by atoms with Crippen LogP contribution in [0.3, 0.4) is 0 Å². The van der Waals surface area contributed by atoms with Crippen molar-refractivity contribution in [1.82, 2.24) is 0 Å². The first-order valence-corrected chi connectivity index (χ1v) is 9.31. The minimum atomic E-state index is -3.20. The summed E-state index contributed by atoms with van der Waals surface area (Å²) in [5, 5.41) is 0. The number of carbonyl (C=O) groups is 2. The summed E-state index contributed by atoms with van der Waals surface area (Å²) < 4.78 is 27.4. The van der Waals surface area contributed by atoms with Crippen LogP contribution in [0, 0.1) is 0 Å². The maximum atomic E-state index is 11.6. The Morgan fingerprint density at radius 1 is 1.14 bits per heavy atom. The molecule has 7 heteroatoms. The average Bonchev–Trinajstić information content (AvgIpc) is 2.43. The predicted molar refractivity (Wildman–Crippen MR) is 81.1 cm³/mol. The summed E-state index contributed by atoms with van der Waals surface area (Å²) in [5.41, 5.74) is 0. The Kier molecular flexibility index (Phi) is 6.91. The Morgan fingerprint density at radius 3 is 2.29 bits per heavy atom. The minimum Gasteiger partial charge on any atom is -0.466 e. The summed E-state index contributed by atoms with van der Waals surface area (Å²) in [7, 11) is -3.20. The van der Waals surface area contributed by atoms with Crippen molar-refractivity contribution >= 4 is 33.4 Å². The van der Waals surface area contributed by atoms with Gasteiger partial charge < -0.3 is 4.74 Å². The van der Waals surface area contributed by atoms with E-state index in [0.29, 0.717) is 6.61 Å². The molecule has 5 nitrogen and oxygen atoms in total. The van der Waals surface area contributed by atoms with Crippen LogP contribution in [0.15, 0.2) is 34.1 Å². The fraction of sp³-hybridized carbons (Fsp3) is 0.429. The van der Waals surface area contributed by atoms with E-state index < -0.39 is 9.84 Å². The molecule has 21 heavy (non-hydrogen) atoms. The largest absolute Gasteiger partial charge is 0.466 e.